The zero-order chi connectivity index (χ0) is 18.4. The van der Waals surface area contributed by atoms with Crippen molar-refractivity contribution in [1.29, 1.82) is 0 Å². The molecule has 2 aromatic rings. The number of benzene rings is 2. The van der Waals surface area contributed by atoms with Gasteiger partial charge in [-0.3, -0.25) is 9.59 Å². The van der Waals surface area contributed by atoms with Crippen LogP contribution in [-0.2, 0) is 16.0 Å². The summed E-state index contributed by atoms with van der Waals surface area (Å²) >= 11 is 11.9. The Balaban J connectivity index is 1.81. The van der Waals surface area contributed by atoms with E-state index in [9.17, 15) is 9.59 Å². The van der Waals surface area contributed by atoms with Crippen LogP contribution in [0, 0.1) is 13.8 Å². The summed E-state index contributed by atoms with van der Waals surface area (Å²) in [6.07, 6.45) is 0.350. The highest BCUT2D eigenvalue weighted by molar-refractivity contribution is 6.35. The average Bonchev–Trinajstić information content (AvgIpc) is 2.53. The van der Waals surface area contributed by atoms with E-state index in [2.05, 4.69) is 10.6 Å². The quantitative estimate of drug-likeness (QED) is 0.736. The van der Waals surface area contributed by atoms with Crippen LogP contribution in [0.4, 0.5) is 5.69 Å². The largest absolute Gasteiger partial charge is 0.355 e. The van der Waals surface area contributed by atoms with Gasteiger partial charge in [-0.1, -0.05) is 47.5 Å². The Morgan fingerprint density at radius 2 is 1.68 bits per heavy atom. The van der Waals surface area contributed by atoms with Crippen molar-refractivity contribution in [3.63, 3.8) is 0 Å². The molecule has 4 nitrogen and oxygen atoms in total. The highest BCUT2D eigenvalue weighted by Gasteiger charge is 2.12. The maximum Gasteiger partial charge on any atom is 0.233 e. The molecule has 0 aromatic heterocycles. The molecule has 132 valence electrons. The summed E-state index contributed by atoms with van der Waals surface area (Å²) in [5.41, 5.74) is 3.58. The van der Waals surface area contributed by atoms with Crippen molar-refractivity contribution < 1.29 is 9.59 Å². The van der Waals surface area contributed by atoms with Crippen LogP contribution in [0.2, 0.25) is 10.0 Å². The van der Waals surface area contributed by atoms with E-state index in [0.29, 0.717) is 23.0 Å². The molecule has 0 unspecified atom stereocenters. The Morgan fingerprint density at radius 1 is 1.00 bits per heavy atom. The first-order chi connectivity index (χ1) is 11.9. The van der Waals surface area contributed by atoms with Crippen LogP contribution in [0.3, 0.4) is 0 Å². The van der Waals surface area contributed by atoms with Gasteiger partial charge in [0.05, 0.1) is 0 Å². The van der Waals surface area contributed by atoms with E-state index in [1.807, 2.05) is 38.1 Å². The number of nitrogens with one attached hydrogen (secondary N) is 2. The third kappa shape index (κ3) is 5.76. The van der Waals surface area contributed by atoms with Gasteiger partial charge in [0.15, 0.2) is 0 Å². The number of aryl methyl sites for hydroxylation is 2. The first-order valence-electron chi connectivity index (χ1n) is 7.93. The van der Waals surface area contributed by atoms with Crippen LogP contribution in [0.1, 0.15) is 23.1 Å². The van der Waals surface area contributed by atoms with Crippen LogP contribution in [0.25, 0.3) is 0 Å². The molecule has 0 fully saturated rings. The van der Waals surface area contributed by atoms with E-state index < -0.39 is 0 Å². The summed E-state index contributed by atoms with van der Waals surface area (Å²) in [5.74, 6) is -0.659. The number of anilines is 1. The van der Waals surface area contributed by atoms with Crippen LogP contribution < -0.4 is 10.6 Å². The molecule has 0 heterocycles. The fourth-order valence-electron chi connectivity index (χ4n) is 2.46. The van der Waals surface area contributed by atoms with Crippen LogP contribution in [0.5, 0.6) is 0 Å². The summed E-state index contributed by atoms with van der Waals surface area (Å²) in [6.45, 7) is 4.23. The van der Waals surface area contributed by atoms with Gasteiger partial charge in [-0.2, -0.15) is 0 Å². The lowest BCUT2D eigenvalue weighted by molar-refractivity contribution is -0.126. The Kier molecular flexibility index (Phi) is 6.85. The highest BCUT2D eigenvalue weighted by Crippen LogP contribution is 2.21. The smallest absolute Gasteiger partial charge is 0.233 e. The lowest BCUT2D eigenvalue weighted by Crippen LogP contribution is -2.30. The van der Waals surface area contributed by atoms with Gasteiger partial charge in [-0.05, 0) is 49.1 Å². The fourth-order valence-corrected chi connectivity index (χ4v) is 2.97. The highest BCUT2D eigenvalue weighted by atomic mass is 35.5. The Hall–Kier alpha value is -2.04. The molecular weight excluding hydrogens is 359 g/mol. The van der Waals surface area contributed by atoms with E-state index in [4.69, 9.17) is 23.2 Å². The molecular formula is C19H20Cl2N2O2. The van der Waals surface area contributed by atoms with Crippen molar-refractivity contribution in [2.24, 2.45) is 0 Å². The maximum atomic E-state index is 12.0. The van der Waals surface area contributed by atoms with Gasteiger partial charge in [0, 0.05) is 22.3 Å². The molecule has 2 amide bonds. The second kappa shape index (κ2) is 8.88. The molecule has 0 radical (unpaired) electrons. The van der Waals surface area contributed by atoms with Crippen molar-refractivity contribution in [1.82, 2.24) is 5.32 Å². The number of carbonyl (C=O) groups is 2. The number of halogens is 2. The standard InChI is InChI=1S/C19H20Cl2N2O2/c1-12-4-3-5-13(2)19(12)23-18(25)11-17(24)22-9-8-14-6-7-15(20)10-16(14)21/h3-7,10H,8-9,11H2,1-2H3,(H,22,24)(H,23,25). The second-order valence-electron chi connectivity index (χ2n) is 5.83. The Bertz CT molecular complexity index is 771. The minimum Gasteiger partial charge on any atom is -0.355 e. The lowest BCUT2D eigenvalue weighted by Gasteiger charge is -2.11. The maximum absolute atomic E-state index is 12.0. The minimum atomic E-state index is -0.334. The van der Waals surface area contributed by atoms with Crippen LogP contribution in [0.15, 0.2) is 36.4 Å². The summed E-state index contributed by atoms with van der Waals surface area (Å²) in [7, 11) is 0. The summed E-state index contributed by atoms with van der Waals surface area (Å²) in [5, 5.41) is 6.66. The molecule has 2 aromatic carbocycles. The molecule has 2 rings (SSSR count). The molecule has 0 saturated heterocycles. The van der Waals surface area contributed by atoms with Crippen molar-refractivity contribution in [2.45, 2.75) is 26.7 Å². The first-order valence-corrected chi connectivity index (χ1v) is 8.69. The predicted octanol–water partition coefficient (Wildman–Crippen LogP) is 4.30. The summed E-state index contributed by atoms with van der Waals surface area (Å²) in [4.78, 5) is 24.0. The molecule has 0 spiro atoms. The van der Waals surface area contributed by atoms with Crippen molar-refractivity contribution >= 4 is 40.7 Å². The van der Waals surface area contributed by atoms with Crippen LogP contribution >= 0.6 is 23.2 Å². The molecule has 6 heteroatoms. The fraction of sp³-hybridized carbons (Fsp3) is 0.263. The van der Waals surface area contributed by atoms with Gasteiger partial charge >= 0.3 is 0 Å². The van der Waals surface area contributed by atoms with Gasteiger partial charge in [0.25, 0.3) is 0 Å². The van der Waals surface area contributed by atoms with Gasteiger partial charge in [0.2, 0.25) is 11.8 Å². The van der Waals surface area contributed by atoms with Crippen LogP contribution in [-0.4, -0.2) is 18.4 Å². The molecule has 0 bridgehead atoms. The molecule has 0 saturated carbocycles. The number of para-hydroxylation sites is 1. The van der Waals surface area contributed by atoms with E-state index in [0.717, 1.165) is 22.4 Å². The monoisotopic (exact) mass is 378 g/mol. The van der Waals surface area contributed by atoms with Gasteiger partial charge in [-0.15, -0.1) is 0 Å². The van der Waals surface area contributed by atoms with E-state index in [1.54, 1.807) is 12.1 Å². The summed E-state index contributed by atoms with van der Waals surface area (Å²) < 4.78 is 0. The predicted molar refractivity (Wildman–Crippen MR) is 102 cm³/mol. The summed E-state index contributed by atoms with van der Waals surface area (Å²) in [6, 6.07) is 11.0. The topological polar surface area (TPSA) is 58.2 Å². The number of carbonyl (C=O) groups excluding carboxylic acids is 2. The van der Waals surface area contributed by atoms with E-state index in [-0.39, 0.29) is 18.2 Å². The SMILES string of the molecule is Cc1cccc(C)c1NC(=O)CC(=O)NCCc1ccc(Cl)cc1Cl. The minimum absolute atomic E-state index is 0.220. The molecule has 25 heavy (non-hydrogen) atoms. The van der Waals surface area contributed by atoms with Crippen molar-refractivity contribution in [3.05, 3.63) is 63.1 Å². The third-order valence-corrected chi connectivity index (χ3v) is 4.39. The lowest BCUT2D eigenvalue weighted by atomic mass is 10.1. The average molecular weight is 379 g/mol. The van der Waals surface area contributed by atoms with Gasteiger partial charge in [0.1, 0.15) is 6.42 Å². The zero-order valence-corrected chi connectivity index (χ0v) is 15.7. The molecule has 0 atom stereocenters. The number of hydrogen-bond donors (Lipinski definition) is 2. The Morgan fingerprint density at radius 3 is 2.32 bits per heavy atom. The Labute approximate surface area is 157 Å². The number of rotatable bonds is 6. The zero-order valence-electron chi connectivity index (χ0n) is 14.2. The molecule has 0 aliphatic heterocycles. The molecule has 0 aliphatic carbocycles. The second-order valence-corrected chi connectivity index (χ2v) is 6.67. The molecule has 2 N–H and O–H groups in total. The van der Waals surface area contributed by atoms with Crippen molar-refractivity contribution in [3.8, 4) is 0 Å². The van der Waals surface area contributed by atoms with Gasteiger partial charge in [-0.25, -0.2) is 0 Å². The van der Waals surface area contributed by atoms with E-state index >= 15 is 0 Å². The van der Waals surface area contributed by atoms with Crippen molar-refractivity contribution in [2.75, 3.05) is 11.9 Å². The first kappa shape index (κ1) is 19.3. The number of amides is 2. The normalized spacial score (nSPS) is 10.4. The van der Waals surface area contributed by atoms with Gasteiger partial charge < -0.3 is 10.6 Å². The third-order valence-electron chi connectivity index (χ3n) is 3.80. The number of hydrogen-bond acceptors (Lipinski definition) is 2. The molecule has 0 aliphatic rings. The van der Waals surface area contributed by atoms with E-state index in [1.165, 1.54) is 0 Å².